The van der Waals surface area contributed by atoms with Crippen LogP contribution in [0, 0.1) is 5.82 Å². The lowest BCUT2D eigenvalue weighted by molar-refractivity contribution is 0.0519. The van der Waals surface area contributed by atoms with Gasteiger partial charge < -0.3 is 4.74 Å². The van der Waals surface area contributed by atoms with Gasteiger partial charge in [-0.1, -0.05) is 30.4 Å². The summed E-state index contributed by atoms with van der Waals surface area (Å²) in [5.41, 5.74) is 1.58. The van der Waals surface area contributed by atoms with Gasteiger partial charge in [-0.25, -0.2) is 13.9 Å². The molecule has 1 aromatic heterocycles. The molecule has 0 saturated heterocycles. The van der Waals surface area contributed by atoms with Crippen LogP contribution in [0.1, 0.15) is 29.0 Å². The molecule has 0 atom stereocenters. The van der Waals surface area contributed by atoms with Crippen LogP contribution in [0.4, 0.5) is 4.39 Å². The van der Waals surface area contributed by atoms with Crippen molar-refractivity contribution >= 4 is 5.97 Å². The molecular formula is C17H15FN2O2. The van der Waals surface area contributed by atoms with Crippen molar-refractivity contribution in [2.45, 2.75) is 12.8 Å². The van der Waals surface area contributed by atoms with Crippen molar-refractivity contribution in [2.24, 2.45) is 0 Å². The average Bonchev–Trinajstić information content (AvgIpc) is 3.17. The number of benzene rings is 1. The Labute approximate surface area is 127 Å². The number of carbonyl (C=O) groups excluding carboxylic acids is 1. The molecule has 1 heterocycles. The molecule has 0 fully saturated rings. The number of esters is 1. The smallest absolute Gasteiger partial charge is 0.358 e. The SMILES string of the molecule is CCOC(=O)c1cc(C2C=CC=C2)n(-c2cccc(F)c2)n1. The number of allylic oxidation sites excluding steroid dienone is 4. The van der Waals surface area contributed by atoms with Gasteiger partial charge in [0.25, 0.3) is 0 Å². The van der Waals surface area contributed by atoms with Gasteiger partial charge in [-0.2, -0.15) is 5.10 Å². The maximum absolute atomic E-state index is 13.5. The van der Waals surface area contributed by atoms with E-state index in [9.17, 15) is 9.18 Å². The molecule has 0 amide bonds. The lowest BCUT2D eigenvalue weighted by Crippen LogP contribution is -2.07. The molecule has 0 spiro atoms. The van der Waals surface area contributed by atoms with Crippen LogP contribution in [0.15, 0.2) is 54.6 Å². The topological polar surface area (TPSA) is 44.1 Å². The molecule has 0 aliphatic heterocycles. The molecule has 4 nitrogen and oxygen atoms in total. The van der Waals surface area contributed by atoms with Crippen molar-refractivity contribution in [2.75, 3.05) is 6.61 Å². The zero-order chi connectivity index (χ0) is 15.5. The Morgan fingerprint density at radius 1 is 1.32 bits per heavy atom. The molecular weight excluding hydrogens is 283 g/mol. The Balaban J connectivity index is 2.08. The van der Waals surface area contributed by atoms with Crippen LogP contribution in [-0.2, 0) is 4.74 Å². The van der Waals surface area contributed by atoms with Gasteiger partial charge in [0.05, 0.1) is 18.0 Å². The Bertz CT molecular complexity index is 750. The van der Waals surface area contributed by atoms with E-state index in [-0.39, 0.29) is 24.0 Å². The van der Waals surface area contributed by atoms with Crippen molar-refractivity contribution in [1.82, 2.24) is 9.78 Å². The third-order valence-electron chi connectivity index (χ3n) is 3.36. The quantitative estimate of drug-likeness (QED) is 0.813. The average molecular weight is 298 g/mol. The highest BCUT2D eigenvalue weighted by Gasteiger charge is 2.21. The zero-order valence-electron chi connectivity index (χ0n) is 12.1. The fourth-order valence-corrected chi connectivity index (χ4v) is 2.38. The first-order chi connectivity index (χ1) is 10.7. The maximum atomic E-state index is 13.5. The minimum absolute atomic E-state index is 0.000978. The Morgan fingerprint density at radius 3 is 2.77 bits per heavy atom. The summed E-state index contributed by atoms with van der Waals surface area (Å²) in [6, 6.07) is 7.80. The van der Waals surface area contributed by atoms with Gasteiger partial charge in [-0.05, 0) is 31.2 Å². The van der Waals surface area contributed by atoms with Crippen LogP contribution < -0.4 is 0 Å². The Morgan fingerprint density at radius 2 is 2.09 bits per heavy atom. The zero-order valence-corrected chi connectivity index (χ0v) is 12.1. The molecule has 5 heteroatoms. The van der Waals surface area contributed by atoms with Crippen molar-refractivity contribution in [1.29, 1.82) is 0 Å². The highest BCUT2D eigenvalue weighted by atomic mass is 19.1. The minimum Gasteiger partial charge on any atom is -0.461 e. The monoisotopic (exact) mass is 298 g/mol. The summed E-state index contributed by atoms with van der Waals surface area (Å²) in [5.74, 6) is -0.835. The number of halogens is 1. The van der Waals surface area contributed by atoms with E-state index < -0.39 is 5.97 Å². The predicted octanol–water partition coefficient (Wildman–Crippen LogP) is 3.40. The number of hydrogen-bond donors (Lipinski definition) is 0. The first-order valence-electron chi connectivity index (χ1n) is 7.07. The Hall–Kier alpha value is -2.69. The van der Waals surface area contributed by atoms with Crippen molar-refractivity contribution in [3.8, 4) is 5.69 Å². The molecule has 0 saturated carbocycles. The Kier molecular flexibility index (Phi) is 3.87. The van der Waals surface area contributed by atoms with Crippen LogP contribution in [0.3, 0.4) is 0 Å². The van der Waals surface area contributed by atoms with Gasteiger partial charge in [-0.3, -0.25) is 0 Å². The molecule has 0 unspecified atom stereocenters. The number of aromatic nitrogens is 2. The summed E-state index contributed by atoms with van der Waals surface area (Å²) in [4.78, 5) is 11.9. The summed E-state index contributed by atoms with van der Waals surface area (Å²) in [6.07, 6.45) is 7.83. The van der Waals surface area contributed by atoms with E-state index in [0.29, 0.717) is 5.69 Å². The molecule has 3 rings (SSSR count). The fraction of sp³-hybridized carbons (Fsp3) is 0.176. The first-order valence-corrected chi connectivity index (χ1v) is 7.07. The van der Waals surface area contributed by atoms with Gasteiger partial charge in [0, 0.05) is 5.92 Å². The molecule has 1 aliphatic carbocycles. The molecule has 2 aromatic rings. The van der Waals surface area contributed by atoms with E-state index in [4.69, 9.17) is 4.74 Å². The molecule has 0 bridgehead atoms. The largest absolute Gasteiger partial charge is 0.461 e. The fourth-order valence-electron chi connectivity index (χ4n) is 2.38. The summed E-state index contributed by atoms with van der Waals surface area (Å²) < 4.78 is 20.1. The van der Waals surface area contributed by atoms with Crippen molar-refractivity contribution in [3.05, 3.63) is 71.8 Å². The first kappa shape index (κ1) is 14.3. The number of nitrogens with zero attached hydrogens (tertiary/aromatic N) is 2. The highest BCUT2D eigenvalue weighted by Crippen LogP contribution is 2.26. The normalized spacial score (nSPS) is 13.7. The lowest BCUT2D eigenvalue weighted by Gasteiger charge is -2.10. The van der Waals surface area contributed by atoms with E-state index >= 15 is 0 Å². The molecule has 1 aromatic carbocycles. The second kappa shape index (κ2) is 5.97. The summed E-state index contributed by atoms with van der Waals surface area (Å²) in [5, 5.41) is 4.29. The summed E-state index contributed by atoms with van der Waals surface area (Å²) in [7, 11) is 0. The van der Waals surface area contributed by atoms with Crippen molar-refractivity contribution in [3.63, 3.8) is 0 Å². The summed E-state index contributed by atoms with van der Waals surface area (Å²) >= 11 is 0. The van der Waals surface area contributed by atoms with Gasteiger partial charge in [-0.15, -0.1) is 0 Å². The van der Waals surface area contributed by atoms with Crippen LogP contribution in [0.5, 0.6) is 0 Å². The lowest BCUT2D eigenvalue weighted by atomic mass is 10.1. The molecule has 1 aliphatic rings. The van der Waals surface area contributed by atoms with Gasteiger partial charge >= 0.3 is 5.97 Å². The third-order valence-corrected chi connectivity index (χ3v) is 3.36. The second-order valence-corrected chi connectivity index (χ2v) is 4.86. The van der Waals surface area contributed by atoms with Gasteiger partial charge in [0.2, 0.25) is 0 Å². The molecule has 0 N–H and O–H groups in total. The van der Waals surface area contributed by atoms with Gasteiger partial charge in [0.1, 0.15) is 5.82 Å². The highest BCUT2D eigenvalue weighted by molar-refractivity contribution is 5.87. The number of ether oxygens (including phenoxy) is 1. The minimum atomic E-state index is -0.482. The molecule has 0 radical (unpaired) electrons. The standard InChI is InChI=1S/C17H15FN2O2/c1-2-22-17(21)15-11-16(12-6-3-4-7-12)20(19-15)14-9-5-8-13(18)10-14/h3-12H,2H2,1H3. The van der Waals surface area contributed by atoms with Crippen LogP contribution in [0.25, 0.3) is 5.69 Å². The van der Waals surface area contributed by atoms with E-state index in [0.717, 1.165) is 5.69 Å². The predicted molar refractivity (Wildman–Crippen MR) is 80.5 cm³/mol. The molecule has 112 valence electrons. The van der Waals surface area contributed by atoms with Gasteiger partial charge in [0.15, 0.2) is 5.69 Å². The summed E-state index contributed by atoms with van der Waals surface area (Å²) in [6.45, 7) is 2.02. The van der Waals surface area contributed by atoms with E-state index in [2.05, 4.69) is 5.10 Å². The second-order valence-electron chi connectivity index (χ2n) is 4.86. The molecule has 22 heavy (non-hydrogen) atoms. The van der Waals surface area contributed by atoms with E-state index in [1.54, 1.807) is 29.8 Å². The van der Waals surface area contributed by atoms with E-state index in [1.807, 2.05) is 24.3 Å². The number of carbonyl (C=O) groups is 1. The van der Waals surface area contributed by atoms with Crippen LogP contribution in [-0.4, -0.2) is 22.4 Å². The van der Waals surface area contributed by atoms with Crippen LogP contribution >= 0.6 is 0 Å². The van der Waals surface area contributed by atoms with Crippen LogP contribution in [0.2, 0.25) is 0 Å². The number of rotatable bonds is 4. The number of hydrogen-bond acceptors (Lipinski definition) is 3. The van der Waals surface area contributed by atoms with Crippen molar-refractivity contribution < 1.29 is 13.9 Å². The third kappa shape index (κ3) is 2.70. The van der Waals surface area contributed by atoms with E-state index in [1.165, 1.54) is 12.1 Å². The maximum Gasteiger partial charge on any atom is 0.358 e.